The summed E-state index contributed by atoms with van der Waals surface area (Å²) in [6.07, 6.45) is 0. The predicted octanol–water partition coefficient (Wildman–Crippen LogP) is 4.55. The SMILES string of the molecule is CCOc1ccc(C(C)=NNC(=O)c2ccc(Cl)c(Cl)c2)cc1. The summed E-state index contributed by atoms with van der Waals surface area (Å²) >= 11 is 11.7. The third-order valence-corrected chi connectivity index (χ3v) is 3.83. The molecule has 1 amide bonds. The lowest BCUT2D eigenvalue weighted by molar-refractivity contribution is 0.0955. The second-order valence-electron chi connectivity index (χ2n) is 4.72. The average Bonchev–Trinajstić information content (AvgIpc) is 2.56. The quantitative estimate of drug-likeness (QED) is 0.635. The van der Waals surface area contributed by atoms with Crippen molar-refractivity contribution in [1.29, 1.82) is 0 Å². The van der Waals surface area contributed by atoms with Gasteiger partial charge in [-0.3, -0.25) is 4.79 Å². The number of hydrazone groups is 1. The monoisotopic (exact) mass is 350 g/mol. The zero-order chi connectivity index (χ0) is 16.8. The zero-order valence-corrected chi connectivity index (χ0v) is 14.3. The summed E-state index contributed by atoms with van der Waals surface area (Å²) in [4.78, 5) is 12.0. The summed E-state index contributed by atoms with van der Waals surface area (Å²) in [6.45, 7) is 4.36. The Labute approximate surface area is 145 Å². The topological polar surface area (TPSA) is 50.7 Å². The number of hydrogen-bond donors (Lipinski definition) is 1. The molecule has 120 valence electrons. The molecule has 6 heteroatoms. The average molecular weight is 351 g/mol. The number of benzene rings is 2. The van der Waals surface area contributed by atoms with Crippen molar-refractivity contribution in [3.05, 3.63) is 63.6 Å². The molecule has 0 aliphatic rings. The maximum Gasteiger partial charge on any atom is 0.271 e. The molecule has 0 bridgehead atoms. The van der Waals surface area contributed by atoms with Crippen molar-refractivity contribution >= 4 is 34.8 Å². The zero-order valence-electron chi connectivity index (χ0n) is 12.8. The van der Waals surface area contributed by atoms with Crippen LogP contribution < -0.4 is 10.2 Å². The van der Waals surface area contributed by atoms with E-state index in [0.717, 1.165) is 11.3 Å². The number of carbonyl (C=O) groups excluding carboxylic acids is 1. The molecule has 0 unspecified atom stereocenters. The molecule has 0 radical (unpaired) electrons. The van der Waals surface area contributed by atoms with E-state index >= 15 is 0 Å². The van der Waals surface area contributed by atoms with Gasteiger partial charge in [-0.05, 0) is 61.9 Å². The van der Waals surface area contributed by atoms with Crippen molar-refractivity contribution in [2.75, 3.05) is 6.61 Å². The van der Waals surface area contributed by atoms with E-state index in [4.69, 9.17) is 27.9 Å². The van der Waals surface area contributed by atoms with E-state index in [0.29, 0.717) is 27.9 Å². The van der Waals surface area contributed by atoms with Crippen molar-refractivity contribution in [1.82, 2.24) is 5.43 Å². The summed E-state index contributed by atoms with van der Waals surface area (Å²) in [5.74, 6) is 0.442. The lowest BCUT2D eigenvalue weighted by atomic mass is 10.1. The van der Waals surface area contributed by atoms with Crippen LogP contribution in [0.2, 0.25) is 10.0 Å². The summed E-state index contributed by atoms with van der Waals surface area (Å²) in [6, 6.07) is 12.1. The first-order chi connectivity index (χ1) is 11.0. The number of ether oxygens (including phenoxy) is 1. The molecule has 0 heterocycles. The predicted molar refractivity (Wildman–Crippen MR) is 93.8 cm³/mol. The van der Waals surface area contributed by atoms with Gasteiger partial charge < -0.3 is 4.74 Å². The molecule has 1 N–H and O–H groups in total. The molecular weight excluding hydrogens is 335 g/mol. The van der Waals surface area contributed by atoms with Gasteiger partial charge in [0.15, 0.2) is 0 Å². The molecule has 0 saturated heterocycles. The molecule has 2 rings (SSSR count). The molecule has 23 heavy (non-hydrogen) atoms. The molecule has 0 spiro atoms. The van der Waals surface area contributed by atoms with E-state index in [1.807, 2.05) is 38.1 Å². The third kappa shape index (κ3) is 4.71. The van der Waals surface area contributed by atoms with Crippen molar-refractivity contribution in [3.8, 4) is 5.75 Å². The molecule has 0 atom stereocenters. The number of rotatable bonds is 5. The summed E-state index contributed by atoms with van der Waals surface area (Å²) < 4.78 is 5.38. The van der Waals surface area contributed by atoms with Gasteiger partial charge in [-0.15, -0.1) is 0 Å². The standard InChI is InChI=1S/C17H16Cl2N2O2/c1-3-23-14-7-4-12(5-8-14)11(2)20-21-17(22)13-6-9-15(18)16(19)10-13/h4-10H,3H2,1-2H3,(H,21,22). The van der Waals surface area contributed by atoms with Gasteiger partial charge >= 0.3 is 0 Å². The number of halogens is 2. The summed E-state index contributed by atoms with van der Waals surface area (Å²) in [5, 5.41) is 4.82. The highest BCUT2D eigenvalue weighted by molar-refractivity contribution is 6.42. The van der Waals surface area contributed by atoms with Gasteiger partial charge in [0.05, 0.1) is 22.4 Å². The van der Waals surface area contributed by atoms with Gasteiger partial charge in [0.25, 0.3) is 5.91 Å². The van der Waals surface area contributed by atoms with Crippen LogP contribution in [0.25, 0.3) is 0 Å². The third-order valence-electron chi connectivity index (χ3n) is 3.09. The number of nitrogens with zero attached hydrogens (tertiary/aromatic N) is 1. The van der Waals surface area contributed by atoms with Crippen LogP contribution in [0, 0.1) is 0 Å². The molecule has 4 nitrogen and oxygen atoms in total. The Morgan fingerprint density at radius 3 is 2.35 bits per heavy atom. The van der Waals surface area contributed by atoms with Crippen LogP contribution in [0.15, 0.2) is 47.6 Å². The van der Waals surface area contributed by atoms with Crippen LogP contribution in [-0.2, 0) is 0 Å². The van der Waals surface area contributed by atoms with Crippen LogP contribution in [0.4, 0.5) is 0 Å². The summed E-state index contributed by atoms with van der Waals surface area (Å²) in [7, 11) is 0. The van der Waals surface area contributed by atoms with Gasteiger partial charge in [-0.25, -0.2) is 5.43 Å². The van der Waals surface area contributed by atoms with E-state index in [2.05, 4.69) is 10.5 Å². The number of amides is 1. The van der Waals surface area contributed by atoms with E-state index in [9.17, 15) is 4.79 Å². The Kier molecular flexibility index (Phi) is 6.02. The molecule has 0 saturated carbocycles. The normalized spacial score (nSPS) is 11.2. The van der Waals surface area contributed by atoms with E-state index in [1.54, 1.807) is 12.1 Å². The lowest BCUT2D eigenvalue weighted by Gasteiger charge is -2.06. The fraction of sp³-hybridized carbons (Fsp3) is 0.176. The van der Waals surface area contributed by atoms with Crippen molar-refractivity contribution in [2.45, 2.75) is 13.8 Å². The lowest BCUT2D eigenvalue weighted by Crippen LogP contribution is -2.19. The molecular formula is C17H16Cl2N2O2. The Hall–Kier alpha value is -2.04. The molecule has 0 aromatic heterocycles. The van der Waals surface area contributed by atoms with Crippen LogP contribution in [0.5, 0.6) is 5.75 Å². The Morgan fingerprint density at radius 2 is 1.74 bits per heavy atom. The molecule has 0 aliphatic heterocycles. The molecule has 2 aromatic rings. The van der Waals surface area contributed by atoms with Gasteiger partial charge in [0.1, 0.15) is 5.75 Å². The van der Waals surface area contributed by atoms with Gasteiger partial charge in [-0.2, -0.15) is 5.10 Å². The van der Waals surface area contributed by atoms with Crippen molar-refractivity contribution < 1.29 is 9.53 Å². The molecule has 2 aromatic carbocycles. The number of hydrogen-bond acceptors (Lipinski definition) is 3. The minimum atomic E-state index is -0.353. The fourth-order valence-corrected chi connectivity index (χ4v) is 2.16. The minimum absolute atomic E-state index is 0.325. The van der Waals surface area contributed by atoms with Crippen LogP contribution >= 0.6 is 23.2 Å². The van der Waals surface area contributed by atoms with E-state index < -0.39 is 0 Å². The minimum Gasteiger partial charge on any atom is -0.494 e. The van der Waals surface area contributed by atoms with E-state index in [-0.39, 0.29) is 5.91 Å². The van der Waals surface area contributed by atoms with Gasteiger partial charge in [-0.1, -0.05) is 23.2 Å². The Morgan fingerprint density at radius 1 is 1.09 bits per heavy atom. The highest BCUT2D eigenvalue weighted by Crippen LogP contribution is 2.22. The highest BCUT2D eigenvalue weighted by atomic mass is 35.5. The van der Waals surface area contributed by atoms with Crippen LogP contribution in [0.3, 0.4) is 0 Å². The van der Waals surface area contributed by atoms with Crippen LogP contribution in [-0.4, -0.2) is 18.2 Å². The fourth-order valence-electron chi connectivity index (χ4n) is 1.86. The van der Waals surface area contributed by atoms with Crippen molar-refractivity contribution in [3.63, 3.8) is 0 Å². The largest absolute Gasteiger partial charge is 0.494 e. The maximum atomic E-state index is 12.0. The second-order valence-corrected chi connectivity index (χ2v) is 5.54. The first-order valence-electron chi connectivity index (χ1n) is 7.04. The highest BCUT2D eigenvalue weighted by Gasteiger charge is 2.07. The number of nitrogens with one attached hydrogen (secondary N) is 1. The van der Waals surface area contributed by atoms with Crippen molar-refractivity contribution in [2.24, 2.45) is 5.10 Å². The second kappa shape index (κ2) is 7.99. The smallest absolute Gasteiger partial charge is 0.271 e. The van der Waals surface area contributed by atoms with Gasteiger partial charge in [0.2, 0.25) is 0 Å². The van der Waals surface area contributed by atoms with Gasteiger partial charge in [0, 0.05) is 5.56 Å². The number of carbonyl (C=O) groups is 1. The molecule has 0 aliphatic carbocycles. The Balaban J connectivity index is 2.05. The first kappa shape index (κ1) is 17.3. The summed E-state index contributed by atoms with van der Waals surface area (Å²) in [5.41, 5.74) is 4.46. The van der Waals surface area contributed by atoms with E-state index in [1.165, 1.54) is 6.07 Å². The Bertz CT molecular complexity index is 728. The van der Waals surface area contributed by atoms with Crippen LogP contribution in [0.1, 0.15) is 29.8 Å². The first-order valence-corrected chi connectivity index (χ1v) is 7.79. The molecule has 0 fully saturated rings. The maximum absolute atomic E-state index is 12.0.